The number of carbonyl (C=O) groups excluding carboxylic acids is 1. The van der Waals surface area contributed by atoms with Crippen LogP contribution in [-0.4, -0.2) is 55.5 Å². The summed E-state index contributed by atoms with van der Waals surface area (Å²) in [6.07, 6.45) is 0.887. The second kappa shape index (κ2) is 7.92. The molecule has 0 radical (unpaired) electrons. The molecule has 1 aliphatic rings. The topological polar surface area (TPSA) is 66.9 Å². The smallest absolute Gasteiger partial charge is 0.410 e. The molecule has 1 aromatic rings. The molecule has 1 aliphatic heterocycles. The van der Waals surface area contributed by atoms with Gasteiger partial charge < -0.3 is 9.64 Å². The number of likely N-dealkylation sites (N-methyl/N-ethyl adjacent to an activating group) is 1. The highest BCUT2D eigenvalue weighted by Gasteiger charge is 2.34. The average Bonchev–Trinajstić information content (AvgIpc) is 2.54. The molecule has 1 heterocycles. The number of rotatable bonds is 4. The van der Waals surface area contributed by atoms with Crippen molar-refractivity contribution in [3.8, 4) is 0 Å². The Morgan fingerprint density at radius 1 is 1.35 bits per heavy atom. The molecule has 1 amide bonds. The van der Waals surface area contributed by atoms with E-state index in [0.29, 0.717) is 19.4 Å². The van der Waals surface area contributed by atoms with E-state index in [1.54, 1.807) is 26.8 Å². The van der Waals surface area contributed by atoms with E-state index in [9.17, 15) is 17.6 Å². The average molecular weight is 386 g/mol. The highest BCUT2D eigenvalue weighted by atomic mass is 32.2. The van der Waals surface area contributed by atoms with Gasteiger partial charge in [0.2, 0.25) is 10.0 Å². The Hall–Kier alpha value is -1.67. The molecule has 0 unspecified atom stereocenters. The van der Waals surface area contributed by atoms with Gasteiger partial charge in [-0.15, -0.1) is 0 Å². The summed E-state index contributed by atoms with van der Waals surface area (Å²) in [4.78, 5) is 13.8. The summed E-state index contributed by atoms with van der Waals surface area (Å²) < 4.78 is 45.8. The molecule has 1 fully saturated rings. The first-order valence-corrected chi connectivity index (χ1v) is 10.3. The molecule has 0 spiro atoms. The maximum Gasteiger partial charge on any atom is 0.410 e. The molecule has 26 heavy (non-hydrogen) atoms. The first-order chi connectivity index (χ1) is 12.0. The fourth-order valence-electron chi connectivity index (χ4n) is 2.88. The van der Waals surface area contributed by atoms with Gasteiger partial charge in [-0.2, -0.15) is 4.31 Å². The number of nitrogens with zero attached hydrogens (tertiary/aromatic N) is 2. The number of amides is 1. The van der Waals surface area contributed by atoms with E-state index in [4.69, 9.17) is 4.74 Å². The Kier molecular flexibility index (Phi) is 6.29. The fraction of sp³-hybridized carbons (Fsp3) is 0.611. The van der Waals surface area contributed by atoms with Crippen LogP contribution in [-0.2, 0) is 20.5 Å². The molecule has 0 N–H and O–H groups in total. The SMILES string of the molecule is CN([C@H]1CCCN(C(=O)OC(C)(C)C)C1)S(=O)(=O)Cc1ccccc1F. The first kappa shape index (κ1) is 20.6. The molecule has 8 heteroatoms. The van der Waals surface area contributed by atoms with Gasteiger partial charge in [-0.3, -0.25) is 0 Å². The number of halogens is 1. The number of piperidine rings is 1. The van der Waals surface area contributed by atoms with Crippen LogP contribution in [0.5, 0.6) is 0 Å². The Balaban J connectivity index is 2.07. The lowest BCUT2D eigenvalue weighted by molar-refractivity contribution is 0.0163. The van der Waals surface area contributed by atoms with Crippen LogP contribution in [0.15, 0.2) is 24.3 Å². The predicted octanol–water partition coefficient (Wildman–Crippen LogP) is 2.99. The van der Waals surface area contributed by atoms with Gasteiger partial charge in [-0.05, 0) is 39.7 Å². The Bertz CT molecular complexity index is 746. The first-order valence-electron chi connectivity index (χ1n) is 8.66. The van der Waals surface area contributed by atoms with Crippen molar-refractivity contribution in [1.29, 1.82) is 0 Å². The number of ether oxygens (including phenoxy) is 1. The minimum Gasteiger partial charge on any atom is -0.444 e. The predicted molar refractivity (Wildman–Crippen MR) is 97.6 cm³/mol. The zero-order valence-electron chi connectivity index (χ0n) is 15.7. The van der Waals surface area contributed by atoms with Gasteiger partial charge >= 0.3 is 6.09 Å². The standard InChI is InChI=1S/C18H27FN2O4S/c1-18(2,3)25-17(22)21-11-7-9-15(12-21)20(4)26(23,24)13-14-8-5-6-10-16(14)19/h5-6,8,10,15H,7,9,11-13H2,1-4H3/t15-/m0/s1. The molecule has 0 bridgehead atoms. The molecular weight excluding hydrogens is 359 g/mol. The lowest BCUT2D eigenvalue weighted by Crippen LogP contribution is -2.51. The molecule has 0 aliphatic carbocycles. The quantitative estimate of drug-likeness (QED) is 0.798. The lowest BCUT2D eigenvalue weighted by atomic mass is 10.1. The van der Waals surface area contributed by atoms with E-state index < -0.39 is 33.3 Å². The maximum atomic E-state index is 13.8. The minimum absolute atomic E-state index is 0.138. The largest absolute Gasteiger partial charge is 0.444 e. The zero-order chi connectivity index (χ0) is 19.5. The Morgan fingerprint density at radius 3 is 2.62 bits per heavy atom. The molecule has 146 valence electrons. The van der Waals surface area contributed by atoms with Crippen molar-refractivity contribution >= 4 is 16.1 Å². The van der Waals surface area contributed by atoms with Gasteiger partial charge in [0.1, 0.15) is 11.4 Å². The summed E-state index contributed by atoms with van der Waals surface area (Å²) >= 11 is 0. The zero-order valence-corrected chi connectivity index (χ0v) is 16.6. The minimum atomic E-state index is -3.71. The summed E-state index contributed by atoms with van der Waals surface area (Å²) in [6, 6.07) is 5.49. The summed E-state index contributed by atoms with van der Waals surface area (Å²) in [7, 11) is -2.22. The molecule has 1 atom stereocenters. The monoisotopic (exact) mass is 386 g/mol. The highest BCUT2D eigenvalue weighted by Crippen LogP contribution is 2.22. The van der Waals surface area contributed by atoms with E-state index in [1.165, 1.54) is 34.5 Å². The molecule has 0 saturated carbocycles. The van der Waals surface area contributed by atoms with Crippen molar-refractivity contribution in [2.45, 2.75) is 51.0 Å². The Morgan fingerprint density at radius 2 is 2.00 bits per heavy atom. The van der Waals surface area contributed by atoms with E-state index in [1.807, 2.05) is 0 Å². The second-order valence-electron chi connectivity index (χ2n) is 7.59. The van der Waals surface area contributed by atoms with Gasteiger partial charge in [-0.1, -0.05) is 18.2 Å². The van der Waals surface area contributed by atoms with E-state index in [-0.39, 0.29) is 18.2 Å². The van der Waals surface area contributed by atoms with Crippen molar-refractivity contribution in [2.24, 2.45) is 0 Å². The maximum absolute atomic E-state index is 13.8. The molecule has 1 aromatic carbocycles. The van der Waals surface area contributed by atoms with Crippen LogP contribution >= 0.6 is 0 Å². The number of likely N-dealkylation sites (tertiary alicyclic amines) is 1. The number of sulfonamides is 1. The van der Waals surface area contributed by atoms with Gasteiger partial charge in [0.25, 0.3) is 0 Å². The van der Waals surface area contributed by atoms with Crippen LogP contribution in [0.4, 0.5) is 9.18 Å². The second-order valence-corrected chi connectivity index (χ2v) is 9.61. The summed E-state index contributed by atoms with van der Waals surface area (Å²) in [5.41, 5.74) is -0.466. The molecular formula is C18H27FN2O4S. The van der Waals surface area contributed by atoms with Crippen LogP contribution in [0.2, 0.25) is 0 Å². The molecule has 0 aromatic heterocycles. The van der Waals surface area contributed by atoms with Crippen LogP contribution in [0.25, 0.3) is 0 Å². The molecule has 6 nitrogen and oxygen atoms in total. The summed E-state index contributed by atoms with van der Waals surface area (Å²) in [6.45, 7) is 6.17. The fourth-order valence-corrected chi connectivity index (χ4v) is 4.34. The number of hydrogen-bond donors (Lipinski definition) is 0. The number of benzene rings is 1. The Labute approximate surface area is 155 Å². The lowest BCUT2D eigenvalue weighted by Gasteiger charge is -2.37. The van der Waals surface area contributed by atoms with Gasteiger partial charge in [0.15, 0.2) is 0 Å². The third-order valence-electron chi connectivity index (χ3n) is 4.30. The van der Waals surface area contributed by atoms with Gasteiger partial charge in [0, 0.05) is 31.7 Å². The van der Waals surface area contributed by atoms with E-state index >= 15 is 0 Å². The van der Waals surface area contributed by atoms with Crippen molar-refractivity contribution in [2.75, 3.05) is 20.1 Å². The van der Waals surface area contributed by atoms with Gasteiger partial charge in [-0.25, -0.2) is 17.6 Å². The molecule has 1 saturated heterocycles. The highest BCUT2D eigenvalue weighted by molar-refractivity contribution is 7.88. The van der Waals surface area contributed by atoms with Crippen molar-refractivity contribution in [1.82, 2.24) is 9.21 Å². The van der Waals surface area contributed by atoms with Crippen molar-refractivity contribution in [3.63, 3.8) is 0 Å². The third kappa shape index (κ3) is 5.41. The van der Waals surface area contributed by atoms with Crippen LogP contribution in [0, 0.1) is 5.82 Å². The van der Waals surface area contributed by atoms with E-state index in [2.05, 4.69) is 0 Å². The van der Waals surface area contributed by atoms with Crippen LogP contribution in [0.1, 0.15) is 39.2 Å². The van der Waals surface area contributed by atoms with Crippen molar-refractivity contribution in [3.05, 3.63) is 35.6 Å². The summed E-state index contributed by atoms with van der Waals surface area (Å²) in [5, 5.41) is 0. The summed E-state index contributed by atoms with van der Waals surface area (Å²) in [5.74, 6) is -0.942. The van der Waals surface area contributed by atoms with E-state index in [0.717, 1.165) is 0 Å². The van der Waals surface area contributed by atoms with Crippen LogP contribution in [0.3, 0.4) is 0 Å². The number of hydrogen-bond acceptors (Lipinski definition) is 4. The van der Waals surface area contributed by atoms with Crippen molar-refractivity contribution < 1.29 is 22.3 Å². The van der Waals surface area contributed by atoms with Crippen LogP contribution < -0.4 is 0 Å². The third-order valence-corrected chi connectivity index (χ3v) is 6.15. The number of carbonyl (C=O) groups is 1. The normalized spacial score (nSPS) is 18.8. The molecule has 2 rings (SSSR count). The van der Waals surface area contributed by atoms with Gasteiger partial charge in [0.05, 0.1) is 5.75 Å².